The standard InChI is InChI=1S/C20H15NO2/c1-23-15-9-10-19-17(12-15)18(20(22)21-19)11-14-8-7-13-5-3-2-4-6-16(13)14/h2-12H,1H3,(H,21,22). The van der Waals surface area contributed by atoms with Gasteiger partial charge in [-0.15, -0.1) is 0 Å². The highest BCUT2D eigenvalue weighted by molar-refractivity contribution is 6.35. The zero-order valence-corrected chi connectivity index (χ0v) is 12.7. The van der Waals surface area contributed by atoms with Gasteiger partial charge in [0.1, 0.15) is 5.75 Å². The maximum atomic E-state index is 12.3. The Morgan fingerprint density at radius 1 is 0.957 bits per heavy atom. The summed E-state index contributed by atoms with van der Waals surface area (Å²) in [6.45, 7) is 0. The summed E-state index contributed by atoms with van der Waals surface area (Å²) in [6.07, 6.45) is 1.95. The molecule has 1 heterocycles. The highest BCUT2D eigenvalue weighted by atomic mass is 16.5. The van der Waals surface area contributed by atoms with Crippen LogP contribution in [0.1, 0.15) is 11.1 Å². The van der Waals surface area contributed by atoms with Gasteiger partial charge in [-0.3, -0.25) is 4.79 Å². The minimum Gasteiger partial charge on any atom is -0.497 e. The van der Waals surface area contributed by atoms with Crippen LogP contribution in [0.25, 0.3) is 22.8 Å². The maximum Gasteiger partial charge on any atom is 0.256 e. The topological polar surface area (TPSA) is 38.3 Å². The van der Waals surface area contributed by atoms with Crippen molar-refractivity contribution in [3.63, 3.8) is 0 Å². The molecule has 3 heteroatoms. The van der Waals surface area contributed by atoms with E-state index in [9.17, 15) is 4.79 Å². The molecule has 1 aromatic rings. The molecule has 1 aromatic carbocycles. The summed E-state index contributed by atoms with van der Waals surface area (Å²) < 4.78 is 5.27. The van der Waals surface area contributed by atoms with E-state index < -0.39 is 0 Å². The predicted octanol–water partition coefficient (Wildman–Crippen LogP) is 4.29. The van der Waals surface area contributed by atoms with Crippen LogP contribution in [-0.2, 0) is 4.79 Å². The zero-order chi connectivity index (χ0) is 15.8. The lowest BCUT2D eigenvalue weighted by Crippen LogP contribution is -2.03. The number of hydrogen-bond acceptors (Lipinski definition) is 2. The van der Waals surface area contributed by atoms with Crippen molar-refractivity contribution in [2.45, 2.75) is 0 Å². The van der Waals surface area contributed by atoms with Crippen molar-refractivity contribution in [1.82, 2.24) is 0 Å². The first kappa shape index (κ1) is 13.6. The van der Waals surface area contributed by atoms with E-state index in [0.717, 1.165) is 33.7 Å². The molecular weight excluding hydrogens is 286 g/mol. The second kappa shape index (κ2) is 5.29. The summed E-state index contributed by atoms with van der Waals surface area (Å²) in [6, 6.07) is 19.9. The monoisotopic (exact) mass is 301 g/mol. The number of carbonyl (C=O) groups is 1. The Morgan fingerprint density at radius 3 is 2.70 bits per heavy atom. The van der Waals surface area contributed by atoms with Crippen molar-refractivity contribution in [3.05, 3.63) is 71.8 Å². The normalized spacial score (nSPS) is 14.8. The lowest BCUT2D eigenvalue weighted by atomic mass is 10.0. The zero-order valence-electron chi connectivity index (χ0n) is 12.7. The van der Waals surface area contributed by atoms with Crippen LogP contribution in [0.3, 0.4) is 0 Å². The van der Waals surface area contributed by atoms with Gasteiger partial charge in [0.2, 0.25) is 0 Å². The second-order valence-electron chi connectivity index (χ2n) is 5.49. The average Bonchev–Trinajstić information content (AvgIpc) is 2.98. The molecule has 0 saturated heterocycles. The van der Waals surface area contributed by atoms with Gasteiger partial charge in [-0.25, -0.2) is 0 Å². The third kappa shape index (κ3) is 2.27. The lowest BCUT2D eigenvalue weighted by molar-refractivity contribution is -0.110. The molecule has 0 aromatic heterocycles. The number of carbonyl (C=O) groups excluding carboxylic acids is 1. The van der Waals surface area contributed by atoms with E-state index in [1.165, 1.54) is 0 Å². The average molecular weight is 301 g/mol. The largest absolute Gasteiger partial charge is 0.497 e. The molecular formula is C20H15NO2. The SMILES string of the molecule is COc1ccc2c(c1)C(=Cc1ccc3cccccc1-3)C(=O)N2. The Bertz CT molecular complexity index is 911. The predicted molar refractivity (Wildman–Crippen MR) is 92.6 cm³/mol. The number of amides is 1. The summed E-state index contributed by atoms with van der Waals surface area (Å²) in [5.41, 5.74) is 5.69. The van der Waals surface area contributed by atoms with Crippen LogP contribution in [0.5, 0.6) is 5.75 Å². The molecule has 0 bridgehead atoms. The number of anilines is 1. The van der Waals surface area contributed by atoms with Crippen LogP contribution in [0.15, 0.2) is 60.7 Å². The van der Waals surface area contributed by atoms with Crippen molar-refractivity contribution >= 4 is 23.2 Å². The van der Waals surface area contributed by atoms with Gasteiger partial charge in [0.15, 0.2) is 0 Å². The molecule has 1 amide bonds. The molecule has 0 unspecified atom stereocenters. The molecule has 0 fully saturated rings. The molecule has 0 atom stereocenters. The molecule has 4 rings (SSSR count). The fourth-order valence-electron chi connectivity index (χ4n) is 2.96. The van der Waals surface area contributed by atoms with Gasteiger partial charge < -0.3 is 10.1 Å². The second-order valence-corrected chi connectivity index (χ2v) is 5.49. The summed E-state index contributed by atoms with van der Waals surface area (Å²) in [5, 5.41) is 2.90. The molecule has 3 aliphatic rings. The molecule has 112 valence electrons. The van der Waals surface area contributed by atoms with E-state index in [1.54, 1.807) is 7.11 Å². The van der Waals surface area contributed by atoms with Crippen LogP contribution in [0.2, 0.25) is 0 Å². The van der Waals surface area contributed by atoms with Crippen LogP contribution in [-0.4, -0.2) is 13.0 Å². The van der Waals surface area contributed by atoms with Crippen molar-refractivity contribution < 1.29 is 9.53 Å². The summed E-state index contributed by atoms with van der Waals surface area (Å²) in [7, 11) is 1.63. The van der Waals surface area contributed by atoms with Gasteiger partial charge in [-0.05, 0) is 41.0 Å². The van der Waals surface area contributed by atoms with Gasteiger partial charge in [0.05, 0.1) is 7.11 Å². The number of rotatable bonds is 2. The third-order valence-electron chi connectivity index (χ3n) is 4.13. The first-order valence-electron chi connectivity index (χ1n) is 7.45. The van der Waals surface area contributed by atoms with Crippen LogP contribution in [0.4, 0.5) is 5.69 Å². The third-order valence-corrected chi connectivity index (χ3v) is 4.13. The first-order chi connectivity index (χ1) is 11.3. The molecule has 0 radical (unpaired) electrons. The number of nitrogens with one attached hydrogen (secondary N) is 1. The lowest BCUT2D eigenvalue weighted by Gasteiger charge is -2.03. The van der Waals surface area contributed by atoms with Gasteiger partial charge >= 0.3 is 0 Å². The van der Waals surface area contributed by atoms with Gasteiger partial charge in [0.25, 0.3) is 5.91 Å². The van der Waals surface area contributed by atoms with E-state index >= 15 is 0 Å². The van der Waals surface area contributed by atoms with Crippen molar-refractivity contribution in [1.29, 1.82) is 0 Å². The Morgan fingerprint density at radius 2 is 1.83 bits per heavy atom. The van der Waals surface area contributed by atoms with Crippen molar-refractivity contribution in [3.8, 4) is 16.9 Å². The maximum absolute atomic E-state index is 12.3. The number of ether oxygens (including phenoxy) is 1. The summed E-state index contributed by atoms with van der Waals surface area (Å²) in [4.78, 5) is 12.3. The summed E-state index contributed by atoms with van der Waals surface area (Å²) >= 11 is 0. The van der Waals surface area contributed by atoms with Gasteiger partial charge in [-0.1, -0.05) is 42.5 Å². The molecule has 3 nitrogen and oxygen atoms in total. The number of hydrogen-bond donors (Lipinski definition) is 1. The molecule has 2 aliphatic carbocycles. The van der Waals surface area contributed by atoms with Gasteiger partial charge in [0, 0.05) is 16.8 Å². The molecule has 23 heavy (non-hydrogen) atoms. The number of benzene rings is 1. The fraction of sp³-hybridized carbons (Fsp3) is 0.0500. The number of methoxy groups -OCH3 is 1. The molecule has 1 N–H and O–H groups in total. The fourth-order valence-corrected chi connectivity index (χ4v) is 2.96. The minimum atomic E-state index is -0.0806. The van der Waals surface area contributed by atoms with Crippen LogP contribution in [0, 0.1) is 0 Å². The van der Waals surface area contributed by atoms with E-state index in [2.05, 4.69) is 23.5 Å². The van der Waals surface area contributed by atoms with E-state index in [4.69, 9.17) is 4.74 Å². The quantitative estimate of drug-likeness (QED) is 0.717. The summed E-state index contributed by atoms with van der Waals surface area (Å²) in [5.74, 6) is 0.660. The Kier molecular flexibility index (Phi) is 3.12. The van der Waals surface area contributed by atoms with E-state index in [-0.39, 0.29) is 5.91 Å². The highest BCUT2D eigenvalue weighted by Gasteiger charge is 2.25. The van der Waals surface area contributed by atoms with Crippen LogP contribution >= 0.6 is 0 Å². The Balaban J connectivity index is 1.85. The Hall–Kier alpha value is -3.07. The first-order valence-corrected chi connectivity index (χ1v) is 7.45. The van der Waals surface area contributed by atoms with Crippen LogP contribution < -0.4 is 10.1 Å². The van der Waals surface area contributed by atoms with E-state index in [0.29, 0.717) is 5.57 Å². The number of fused-ring (bicyclic) bond motifs is 2. The Labute approximate surface area is 134 Å². The van der Waals surface area contributed by atoms with Gasteiger partial charge in [-0.2, -0.15) is 0 Å². The van der Waals surface area contributed by atoms with Crippen molar-refractivity contribution in [2.24, 2.45) is 0 Å². The highest BCUT2D eigenvalue weighted by Crippen LogP contribution is 2.37. The van der Waals surface area contributed by atoms with Crippen molar-refractivity contribution in [2.75, 3.05) is 12.4 Å². The smallest absolute Gasteiger partial charge is 0.256 e. The minimum absolute atomic E-state index is 0.0806. The van der Waals surface area contributed by atoms with E-state index in [1.807, 2.05) is 48.5 Å². The molecule has 1 aliphatic heterocycles. The molecule has 0 saturated carbocycles. The molecule has 0 spiro atoms.